The Morgan fingerprint density at radius 2 is 1.86 bits per heavy atom. The molecule has 1 aromatic rings. The van der Waals surface area contributed by atoms with E-state index in [2.05, 4.69) is 0 Å². The number of hydrogen-bond donors (Lipinski definition) is 2. The highest BCUT2D eigenvalue weighted by atomic mass is 16.3. The number of carbonyl (C=O) groups excluding carboxylic acids is 1. The van der Waals surface area contributed by atoms with Crippen LogP contribution in [0.25, 0.3) is 0 Å². The van der Waals surface area contributed by atoms with Crippen molar-refractivity contribution in [1.82, 2.24) is 4.90 Å². The van der Waals surface area contributed by atoms with Crippen molar-refractivity contribution in [2.75, 3.05) is 18.9 Å². The molecular formula is C17H24N2O2. The van der Waals surface area contributed by atoms with Gasteiger partial charge in [-0.15, -0.1) is 0 Å². The summed E-state index contributed by atoms with van der Waals surface area (Å²) in [5.41, 5.74) is 7.19. The van der Waals surface area contributed by atoms with Crippen LogP contribution in [0.2, 0.25) is 0 Å². The first-order valence-corrected chi connectivity index (χ1v) is 7.95. The lowest BCUT2D eigenvalue weighted by Crippen LogP contribution is -2.46. The molecule has 2 saturated carbocycles. The van der Waals surface area contributed by atoms with E-state index in [9.17, 15) is 9.90 Å². The number of carbonyl (C=O) groups is 1. The van der Waals surface area contributed by atoms with E-state index >= 15 is 0 Å². The van der Waals surface area contributed by atoms with Crippen LogP contribution in [0.5, 0.6) is 0 Å². The Balaban J connectivity index is 1.82. The highest BCUT2D eigenvalue weighted by molar-refractivity contribution is 5.91. The zero-order valence-electron chi connectivity index (χ0n) is 12.4. The smallest absolute Gasteiger partial charge is 0.233 e. The summed E-state index contributed by atoms with van der Waals surface area (Å²) in [5, 5.41) is 9.33. The summed E-state index contributed by atoms with van der Waals surface area (Å²) in [6, 6.07) is 8.01. The molecule has 0 atom stereocenters. The summed E-state index contributed by atoms with van der Waals surface area (Å²) in [6.45, 7) is 0.500. The first kappa shape index (κ1) is 14.4. The Morgan fingerprint density at radius 3 is 2.38 bits per heavy atom. The van der Waals surface area contributed by atoms with Gasteiger partial charge in [-0.25, -0.2) is 0 Å². The number of hydrogen-bond acceptors (Lipinski definition) is 3. The lowest BCUT2D eigenvalue weighted by molar-refractivity contribution is -0.136. The van der Waals surface area contributed by atoms with Crippen molar-refractivity contribution >= 4 is 11.6 Å². The Hall–Kier alpha value is -1.55. The molecule has 114 valence electrons. The van der Waals surface area contributed by atoms with Crippen LogP contribution in [-0.4, -0.2) is 35.1 Å². The van der Waals surface area contributed by atoms with E-state index in [1.807, 2.05) is 29.2 Å². The zero-order chi connectivity index (χ0) is 14.9. The van der Waals surface area contributed by atoms with Crippen molar-refractivity contribution in [1.29, 1.82) is 0 Å². The summed E-state index contributed by atoms with van der Waals surface area (Å²) < 4.78 is 0. The Labute approximate surface area is 125 Å². The number of anilines is 1. The number of benzene rings is 1. The van der Waals surface area contributed by atoms with Crippen molar-refractivity contribution in [3.05, 3.63) is 29.8 Å². The van der Waals surface area contributed by atoms with Crippen LogP contribution in [-0.2, 0) is 10.2 Å². The molecular weight excluding hydrogens is 264 g/mol. The van der Waals surface area contributed by atoms with Crippen molar-refractivity contribution in [2.24, 2.45) is 0 Å². The van der Waals surface area contributed by atoms with Crippen molar-refractivity contribution in [2.45, 2.75) is 50.0 Å². The molecule has 4 nitrogen and oxygen atoms in total. The molecule has 0 aliphatic heterocycles. The molecule has 0 spiro atoms. The van der Waals surface area contributed by atoms with Gasteiger partial charge in [0.15, 0.2) is 0 Å². The van der Waals surface area contributed by atoms with E-state index in [-0.39, 0.29) is 17.9 Å². The number of nitrogens with two attached hydrogens (primary N) is 1. The number of nitrogen functional groups attached to an aromatic ring is 1. The fourth-order valence-corrected chi connectivity index (χ4v) is 3.60. The van der Waals surface area contributed by atoms with Gasteiger partial charge < -0.3 is 15.7 Å². The van der Waals surface area contributed by atoms with Crippen molar-refractivity contribution in [3.8, 4) is 0 Å². The van der Waals surface area contributed by atoms with Gasteiger partial charge >= 0.3 is 0 Å². The number of aliphatic hydroxyl groups excluding tert-OH is 1. The van der Waals surface area contributed by atoms with E-state index in [1.54, 1.807) is 0 Å². The predicted octanol–water partition coefficient (Wildman–Crippen LogP) is 2.06. The second-order valence-corrected chi connectivity index (χ2v) is 6.36. The normalized spacial score (nSPS) is 20.4. The maximum Gasteiger partial charge on any atom is 0.233 e. The van der Waals surface area contributed by atoms with Crippen molar-refractivity contribution < 1.29 is 9.90 Å². The summed E-state index contributed by atoms with van der Waals surface area (Å²) in [7, 11) is 0. The van der Waals surface area contributed by atoms with Gasteiger partial charge in [0.1, 0.15) is 0 Å². The Kier molecular flexibility index (Phi) is 3.89. The third-order valence-corrected chi connectivity index (χ3v) is 4.99. The predicted molar refractivity (Wildman–Crippen MR) is 82.8 cm³/mol. The minimum absolute atomic E-state index is 0.0417. The molecule has 2 aliphatic rings. The quantitative estimate of drug-likeness (QED) is 0.815. The second kappa shape index (κ2) is 5.68. The first-order chi connectivity index (χ1) is 10.2. The maximum atomic E-state index is 13.1. The van der Waals surface area contributed by atoms with Crippen LogP contribution >= 0.6 is 0 Å². The van der Waals surface area contributed by atoms with E-state index in [4.69, 9.17) is 5.73 Å². The summed E-state index contributed by atoms with van der Waals surface area (Å²) >= 11 is 0. The third-order valence-electron chi connectivity index (χ3n) is 4.99. The summed E-state index contributed by atoms with van der Waals surface area (Å²) in [4.78, 5) is 15.0. The van der Waals surface area contributed by atoms with E-state index < -0.39 is 0 Å². The van der Waals surface area contributed by atoms with Gasteiger partial charge in [0.05, 0.1) is 12.0 Å². The molecule has 1 aromatic carbocycles. The van der Waals surface area contributed by atoms with Gasteiger partial charge in [0, 0.05) is 18.3 Å². The lowest BCUT2D eigenvalue weighted by Gasteiger charge is -2.32. The monoisotopic (exact) mass is 288 g/mol. The highest BCUT2D eigenvalue weighted by Gasteiger charge is 2.53. The molecule has 4 heteroatoms. The van der Waals surface area contributed by atoms with Crippen LogP contribution < -0.4 is 5.73 Å². The highest BCUT2D eigenvalue weighted by Crippen LogP contribution is 2.50. The minimum Gasteiger partial charge on any atom is -0.399 e. The lowest BCUT2D eigenvalue weighted by atomic mass is 9.93. The molecule has 0 saturated heterocycles. The van der Waals surface area contributed by atoms with Crippen LogP contribution in [0.1, 0.15) is 44.1 Å². The molecule has 2 fully saturated rings. The van der Waals surface area contributed by atoms with Crippen LogP contribution in [0.15, 0.2) is 24.3 Å². The largest absolute Gasteiger partial charge is 0.399 e. The molecule has 0 radical (unpaired) electrons. The molecule has 0 aromatic heterocycles. The van der Waals surface area contributed by atoms with Gasteiger partial charge in [-0.05, 0) is 43.4 Å². The zero-order valence-corrected chi connectivity index (χ0v) is 12.4. The number of aliphatic hydroxyl groups is 1. The average Bonchev–Trinajstić information content (AvgIpc) is 3.13. The van der Waals surface area contributed by atoms with Gasteiger partial charge in [-0.2, -0.15) is 0 Å². The number of nitrogens with zero attached hydrogens (tertiary/aromatic N) is 1. The summed E-state index contributed by atoms with van der Waals surface area (Å²) in [5.74, 6) is 0.202. The second-order valence-electron chi connectivity index (χ2n) is 6.36. The molecule has 1 amide bonds. The SMILES string of the molecule is Nc1ccc(C2(C(=O)N(CCO)C3CCCC3)CC2)cc1. The molecule has 0 unspecified atom stereocenters. The molecule has 0 heterocycles. The van der Waals surface area contributed by atoms with Crippen LogP contribution in [0, 0.1) is 0 Å². The van der Waals surface area contributed by atoms with Crippen LogP contribution in [0.4, 0.5) is 5.69 Å². The fraction of sp³-hybridized carbons (Fsp3) is 0.588. The van der Waals surface area contributed by atoms with Gasteiger partial charge in [-0.3, -0.25) is 4.79 Å². The number of rotatable bonds is 5. The topological polar surface area (TPSA) is 66.6 Å². The van der Waals surface area contributed by atoms with Crippen LogP contribution in [0.3, 0.4) is 0 Å². The Morgan fingerprint density at radius 1 is 1.24 bits per heavy atom. The van der Waals surface area contributed by atoms with E-state index in [0.717, 1.165) is 36.9 Å². The number of amides is 1. The molecule has 21 heavy (non-hydrogen) atoms. The van der Waals surface area contributed by atoms with E-state index in [1.165, 1.54) is 12.8 Å². The first-order valence-electron chi connectivity index (χ1n) is 7.95. The molecule has 3 N–H and O–H groups in total. The Bertz CT molecular complexity index is 502. The standard InChI is InChI=1S/C17H24N2O2/c18-14-7-5-13(6-8-14)17(9-10-17)16(21)19(11-12-20)15-3-1-2-4-15/h5-8,15,20H,1-4,9-12,18H2. The summed E-state index contributed by atoms with van der Waals surface area (Å²) in [6.07, 6.45) is 6.34. The average molecular weight is 288 g/mol. The van der Waals surface area contributed by atoms with Crippen molar-refractivity contribution in [3.63, 3.8) is 0 Å². The third kappa shape index (κ3) is 2.64. The van der Waals surface area contributed by atoms with Gasteiger partial charge in [0.2, 0.25) is 5.91 Å². The fourth-order valence-electron chi connectivity index (χ4n) is 3.60. The maximum absolute atomic E-state index is 13.1. The van der Waals surface area contributed by atoms with Gasteiger partial charge in [-0.1, -0.05) is 25.0 Å². The van der Waals surface area contributed by atoms with E-state index in [0.29, 0.717) is 12.6 Å². The van der Waals surface area contributed by atoms with Gasteiger partial charge in [0.25, 0.3) is 0 Å². The molecule has 2 aliphatic carbocycles. The molecule has 3 rings (SSSR count). The molecule has 0 bridgehead atoms. The minimum atomic E-state index is -0.356.